The number of thiophene rings is 1. The van der Waals surface area contributed by atoms with Gasteiger partial charge < -0.3 is 0 Å². The van der Waals surface area contributed by atoms with E-state index in [2.05, 4.69) is 11.2 Å². The van der Waals surface area contributed by atoms with Crippen LogP contribution >= 0.6 is 11.3 Å². The van der Waals surface area contributed by atoms with Crippen LogP contribution in [0.5, 0.6) is 0 Å². The van der Waals surface area contributed by atoms with Crippen LogP contribution in [0, 0.1) is 11.3 Å². The van der Waals surface area contributed by atoms with E-state index in [0.29, 0.717) is 5.69 Å². The van der Waals surface area contributed by atoms with Gasteiger partial charge in [0.2, 0.25) is 0 Å². The Bertz CT molecular complexity index is 448. The van der Waals surface area contributed by atoms with E-state index >= 15 is 0 Å². The Balaban J connectivity index is 2.50. The highest BCUT2D eigenvalue weighted by atomic mass is 32.1. The summed E-state index contributed by atoms with van der Waals surface area (Å²) in [5.74, 6) is 0. The fourth-order valence-corrected chi connectivity index (χ4v) is 1.77. The highest BCUT2D eigenvalue weighted by Gasteiger charge is 2.05. The van der Waals surface area contributed by atoms with Gasteiger partial charge in [-0.1, -0.05) is 0 Å². The predicted molar refractivity (Wildman–Crippen MR) is 51.2 cm³/mol. The average molecular weight is 189 g/mol. The Morgan fingerprint density at radius 2 is 2.46 bits per heavy atom. The molecule has 0 aromatic carbocycles. The van der Waals surface area contributed by atoms with Crippen molar-refractivity contribution in [2.24, 2.45) is 7.05 Å². The van der Waals surface area contributed by atoms with E-state index in [0.717, 1.165) is 11.3 Å². The van der Waals surface area contributed by atoms with Crippen molar-refractivity contribution < 1.29 is 0 Å². The largest absolute Gasteiger partial charge is 0.257 e. The van der Waals surface area contributed by atoms with Crippen LogP contribution in [0.25, 0.3) is 11.3 Å². The highest BCUT2D eigenvalue weighted by molar-refractivity contribution is 7.08. The van der Waals surface area contributed by atoms with Gasteiger partial charge in [-0.05, 0) is 11.4 Å². The van der Waals surface area contributed by atoms with Crippen molar-refractivity contribution in [2.45, 2.75) is 0 Å². The molecule has 2 aromatic rings. The van der Waals surface area contributed by atoms with Crippen LogP contribution in [0.15, 0.2) is 22.9 Å². The number of nitriles is 1. The van der Waals surface area contributed by atoms with Crippen molar-refractivity contribution in [3.8, 4) is 17.3 Å². The van der Waals surface area contributed by atoms with Crippen LogP contribution in [0.1, 0.15) is 5.69 Å². The molecule has 0 bridgehead atoms. The summed E-state index contributed by atoms with van der Waals surface area (Å²) in [7, 11) is 1.77. The smallest absolute Gasteiger partial charge is 0.138 e. The number of rotatable bonds is 1. The normalized spacial score (nSPS) is 9.85. The average Bonchev–Trinajstić information content (AvgIpc) is 2.71. The molecule has 2 rings (SSSR count). The van der Waals surface area contributed by atoms with Gasteiger partial charge in [0.1, 0.15) is 11.8 Å². The van der Waals surface area contributed by atoms with Gasteiger partial charge in [0, 0.05) is 24.1 Å². The fraction of sp³-hybridized carbons (Fsp3) is 0.111. The predicted octanol–water partition coefficient (Wildman–Crippen LogP) is 2.02. The third kappa shape index (κ3) is 1.34. The summed E-state index contributed by atoms with van der Waals surface area (Å²) in [5, 5.41) is 17.0. The van der Waals surface area contributed by atoms with Crippen molar-refractivity contribution in [3.63, 3.8) is 0 Å². The van der Waals surface area contributed by atoms with Crippen molar-refractivity contribution in [2.75, 3.05) is 0 Å². The molecule has 0 spiro atoms. The third-order valence-electron chi connectivity index (χ3n) is 1.81. The molecule has 4 heteroatoms. The van der Waals surface area contributed by atoms with Crippen LogP contribution < -0.4 is 0 Å². The molecule has 3 nitrogen and oxygen atoms in total. The van der Waals surface area contributed by atoms with Gasteiger partial charge >= 0.3 is 0 Å². The monoisotopic (exact) mass is 189 g/mol. The highest BCUT2D eigenvalue weighted by Crippen LogP contribution is 2.20. The molecule has 0 saturated heterocycles. The second kappa shape index (κ2) is 3.04. The van der Waals surface area contributed by atoms with Crippen molar-refractivity contribution in [1.29, 1.82) is 5.26 Å². The fourth-order valence-electron chi connectivity index (χ4n) is 1.12. The van der Waals surface area contributed by atoms with Gasteiger partial charge in [-0.2, -0.15) is 21.7 Å². The van der Waals surface area contributed by atoms with E-state index in [1.165, 1.54) is 0 Å². The Kier molecular flexibility index (Phi) is 1.87. The third-order valence-corrected chi connectivity index (χ3v) is 2.49. The molecule has 0 fully saturated rings. The molecule has 64 valence electrons. The number of hydrogen-bond acceptors (Lipinski definition) is 3. The number of aromatic nitrogens is 2. The zero-order valence-electron chi connectivity index (χ0n) is 7.06. The first-order valence-corrected chi connectivity index (χ1v) is 4.72. The zero-order valence-corrected chi connectivity index (χ0v) is 7.88. The quantitative estimate of drug-likeness (QED) is 0.688. The minimum absolute atomic E-state index is 0.584. The standard InChI is InChI=1S/C9H7N3S/c1-12-8(5-10)4-9(11-12)7-2-3-13-6-7/h2-4,6H,1H3. The molecule has 0 N–H and O–H groups in total. The molecule has 2 aromatic heterocycles. The lowest BCUT2D eigenvalue weighted by Gasteiger charge is -1.88. The minimum Gasteiger partial charge on any atom is -0.257 e. The molecule has 0 aliphatic heterocycles. The lowest BCUT2D eigenvalue weighted by Crippen LogP contribution is -1.92. The number of nitrogens with zero attached hydrogens (tertiary/aromatic N) is 3. The van der Waals surface area contributed by atoms with E-state index in [9.17, 15) is 0 Å². The van der Waals surface area contributed by atoms with Gasteiger partial charge in [0.05, 0.1) is 5.69 Å². The van der Waals surface area contributed by atoms with Crippen molar-refractivity contribution in [3.05, 3.63) is 28.6 Å². The van der Waals surface area contributed by atoms with E-state index in [1.54, 1.807) is 29.1 Å². The van der Waals surface area contributed by atoms with E-state index < -0.39 is 0 Å². The maximum Gasteiger partial charge on any atom is 0.138 e. The summed E-state index contributed by atoms with van der Waals surface area (Å²) in [6, 6.07) is 5.87. The Labute approximate surface area is 79.9 Å². The molecular weight excluding hydrogens is 182 g/mol. The lowest BCUT2D eigenvalue weighted by atomic mass is 10.2. The van der Waals surface area contributed by atoms with Crippen LogP contribution in [-0.2, 0) is 7.05 Å². The topological polar surface area (TPSA) is 41.6 Å². The summed E-state index contributed by atoms with van der Waals surface area (Å²) < 4.78 is 1.59. The van der Waals surface area contributed by atoms with E-state index in [1.807, 2.05) is 16.8 Å². The molecule has 0 amide bonds. The van der Waals surface area contributed by atoms with Crippen LogP contribution in [0.4, 0.5) is 0 Å². The summed E-state index contributed by atoms with van der Waals surface area (Å²) in [6.45, 7) is 0. The first-order chi connectivity index (χ1) is 6.31. The van der Waals surface area contributed by atoms with Crippen molar-refractivity contribution >= 4 is 11.3 Å². The maximum absolute atomic E-state index is 8.72. The minimum atomic E-state index is 0.584. The van der Waals surface area contributed by atoms with Gasteiger partial charge in [-0.3, -0.25) is 4.68 Å². The van der Waals surface area contributed by atoms with Gasteiger partial charge in [0.15, 0.2) is 0 Å². The molecule has 0 atom stereocenters. The van der Waals surface area contributed by atoms with Crippen LogP contribution in [-0.4, -0.2) is 9.78 Å². The number of hydrogen-bond donors (Lipinski definition) is 0. The molecular formula is C9H7N3S. The second-order valence-electron chi connectivity index (χ2n) is 2.66. The molecule has 0 aliphatic carbocycles. The Morgan fingerprint density at radius 1 is 1.62 bits per heavy atom. The summed E-state index contributed by atoms with van der Waals surface area (Å²) in [4.78, 5) is 0. The Morgan fingerprint density at radius 3 is 3.00 bits per heavy atom. The first-order valence-electron chi connectivity index (χ1n) is 3.78. The molecule has 2 heterocycles. The summed E-state index contributed by atoms with van der Waals surface area (Å²) in [5.41, 5.74) is 2.52. The maximum atomic E-state index is 8.72. The Hall–Kier alpha value is -1.60. The second-order valence-corrected chi connectivity index (χ2v) is 3.44. The molecule has 0 unspecified atom stereocenters. The first kappa shape index (κ1) is 8.02. The number of aryl methyl sites for hydroxylation is 1. The van der Waals surface area contributed by atoms with Gasteiger partial charge in [-0.25, -0.2) is 0 Å². The zero-order chi connectivity index (χ0) is 9.26. The van der Waals surface area contributed by atoms with E-state index in [4.69, 9.17) is 5.26 Å². The molecule has 0 aliphatic rings. The summed E-state index contributed by atoms with van der Waals surface area (Å²) >= 11 is 1.62. The summed E-state index contributed by atoms with van der Waals surface area (Å²) in [6.07, 6.45) is 0. The van der Waals surface area contributed by atoms with Gasteiger partial charge in [0.25, 0.3) is 0 Å². The SMILES string of the molecule is Cn1nc(-c2ccsc2)cc1C#N. The molecule has 0 radical (unpaired) electrons. The van der Waals surface area contributed by atoms with Crippen molar-refractivity contribution in [1.82, 2.24) is 9.78 Å². The van der Waals surface area contributed by atoms with Crippen LogP contribution in [0.3, 0.4) is 0 Å². The molecule has 0 saturated carbocycles. The molecule has 13 heavy (non-hydrogen) atoms. The lowest BCUT2D eigenvalue weighted by molar-refractivity contribution is 0.759. The van der Waals surface area contributed by atoms with E-state index in [-0.39, 0.29) is 0 Å². The van der Waals surface area contributed by atoms with Gasteiger partial charge in [-0.15, -0.1) is 0 Å². The van der Waals surface area contributed by atoms with Crippen LogP contribution in [0.2, 0.25) is 0 Å².